The number of aromatic nitrogens is 3. The van der Waals surface area contributed by atoms with Gasteiger partial charge in [-0.05, 0) is 46.5 Å². The van der Waals surface area contributed by atoms with E-state index in [-0.39, 0.29) is 5.56 Å². The smallest absolute Gasteiger partial charge is 0.276 e. The summed E-state index contributed by atoms with van der Waals surface area (Å²) in [6.07, 6.45) is 4.60. The maximum Gasteiger partial charge on any atom is 0.276 e. The Morgan fingerprint density at radius 2 is 1.94 bits per heavy atom. The van der Waals surface area contributed by atoms with E-state index in [0.29, 0.717) is 11.4 Å². The van der Waals surface area contributed by atoms with Crippen LogP contribution in [-0.2, 0) is 26.6 Å². The van der Waals surface area contributed by atoms with Gasteiger partial charge in [-0.1, -0.05) is 13.8 Å². The number of pyridine rings is 1. The van der Waals surface area contributed by atoms with Crippen LogP contribution in [0.2, 0.25) is 0 Å². The first-order chi connectivity index (χ1) is 16.4. The second kappa shape index (κ2) is 8.92. The maximum absolute atomic E-state index is 12.5. The standard InChI is InChI=1S/C26H30N4O3S/c1-15(2)21-14-34-24-13-30(7-6-17(21)24)12-20-22(32-4)8-16(9-23(20)33-5)19-11-29(3)26(31)25-18(19)10-27-28-25/h8-11,14-15H,6-7,12-13H2,1-5H3,(H,27,28). The number of benzene rings is 1. The molecular weight excluding hydrogens is 448 g/mol. The molecule has 34 heavy (non-hydrogen) atoms. The highest BCUT2D eigenvalue weighted by Crippen LogP contribution is 2.39. The van der Waals surface area contributed by atoms with E-state index >= 15 is 0 Å². The summed E-state index contributed by atoms with van der Waals surface area (Å²) in [4.78, 5) is 16.4. The molecule has 1 aliphatic rings. The third-order valence-electron chi connectivity index (χ3n) is 6.77. The van der Waals surface area contributed by atoms with Crippen molar-refractivity contribution >= 4 is 22.2 Å². The topological polar surface area (TPSA) is 72.4 Å². The number of thiophene rings is 1. The van der Waals surface area contributed by atoms with E-state index in [0.717, 1.165) is 59.6 Å². The lowest BCUT2D eigenvalue weighted by Crippen LogP contribution is -2.30. The SMILES string of the molecule is COc1cc(-c2cn(C)c(=O)c3[nH]ncc23)cc(OC)c1CN1CCc2c(C(C)C)csc2C1. The molecule has 0 bridgehead atoms. The minimum atomic E-state index is -0.106. The number of hydrogen-bond donors (Lipinski definition) is 1. The molecule has 4 aromatic rings. The summed E-state index contributed by atoms with van der Waals surface area (Å²) < 4.78 is 13.3. The molecule has 1 N–H and O–H groups in total. The molecule has 3 aromatic heterocycles. The van der Waals surface area contributed by atoms with Crippen LogP contribution in [0, 0.1) is 0 Å². The molecule has 1 aromatic carbocycles. The number of aromatic amines is 1. The Morgan fingerprint density at radius 3 is 2.62 bits per heavy atom. The van der Waals surface area contributed by atoms with Crippen molar-refractivity contribution in [1.82, 2.24) is 19.7 Å². The average Bonchev–Trinajstić information content (AvgIpc) is 3.49. The fraction of sp³-hybridized carbons (Fsp3) is 0.385. The Hall–Kier alpha value is -3.10. The van der Waals surface area contributed by atoms with Gasteiger partial charge in [0.05, 0.1) is 26.0 Å². The van der Waals surface area contributed by atoms with Gasteiger partial charge in [0.15, 0.2) is 0 Å². The van der Waals surface area contributed by atoms with Crippen LogP contribution >= 0.6 is 11.3 Å². The predicted octanol–water partition coefficient (Wildman–Crippen LogP) is 4.69. The second-order valence-corrected chi connectivity index (χ2v) is 10.1. The van der Waals surface area contributed by atoms with Crippen molar-refractivity contribution in [1.29, 1.82) is 0 Å². The van der Waals surface area contributed by atoms with Crippen molar-refractivity contribution in [3.8, 4) is 22.6 Å². The molecule has 0 amide bonds. The number of hydrogen-bond acceptors (Lipinski definition) is 6. The first kappa shape index (κ1) is 22.7. The Bertz CT molecular complexity index is 1390. The molecule has 1 aliphatic heterocycles. The second-order valence-electron chi connectivity index (χ2n) is 9.18. The predicted molar refractivity (Wildman–Crippen MR) is 136 cm³/mol. The summed E-state index contributed by atoms with van der Waals surface area (Å²) in [5.74, 6) is 2.12. The number of rotatable bonds is 6. The Balaban J connectivity index is 1.51. The number of ether oxygens (including phenoxy) is 2. The van der Waals surface area contributed by atoms with Gasteiger partial charge in [0, 0.05) is 48.7 Å². The molecule has 0 aliphatic carbocycles. The Morgan fingerprint density at radius 1 is 1.21 bits per heavy atom. The van der Waals surface area contributed by atoms with Gasteiger partial charge in [-0.25, -0.2) is 0 Å². The van der Waals surface area contributed by atoms with Crippen molar-refractivity contribution in [3.63, 3.8) is 0 Å². The molecule has 4 heterocycles. The van der Waals surface area contributed by atoms with Gasteiger partial charge >= 0.3 is 0 Å². The van der Waals surface area contributed by atoms with Crippen LogP contribution in [-0.4, -0.2) is 40.4 Å². The number of nitrogens with one attached hydrogen (secondary N) is 1. The average molecular weight is 479 g/mol. The van der Waals surface area contributed by atoms with Crippen molar-refractivity contribution in [3.05, 3.63) is 61.8 Å². The maximum atomic E-state index is 12.5. The largest absolute Gasteiger partial charge is 0.496 e. The molecule has 0 atom stereocenters. The minimum absolute atomic E-state index is 0.106. The van der Waals surface area contributed by atoms with Gasteiger partial charge in [-0.2, -0.15) is 5.10 Å². The van der Waals surface area contributed by atoms with Crippen molar-refractivity contribution in [2.75, 3.05) is 20.8 Å². The van der Waals surface area contributed by atoms with Crippen molar-refractivity contribution in [2.24, 2.45) is 7.05 Å². The van der Waals surface area contributed by atoms with E-state index in [2.05, 4.69) is 34.3 Å². The van der Waals surface area contributed by atoms with Crippen LogP contribution in [0.1, 0.15) is 41.3 Å². The third-order valence-corrected chi connectivity index (χ3v) is 7.80. The molecule has 0 saturated carbocycles. The highest BCUT2D eigenvalue weighted by molar-refractivity contribution is 7.10. The zero-order chi connectivity index (χ0) is 24.0. The van der Waals surface area contributed by atoms with Gasteiger partial charge in [-0.3, -0.25) is 14.8 Å². The lowest BCUT2D eigenvalue weighted by Gasteiger charge is -2.29. The number of aryl methyl sites for hydroxylation is 1. The summed E-state index contributed by atoms with van der Waals surface area (Å²) in [6.45, 7) is 7.24. The van der Waals surface area contributed by atoms with Crippen LogP contribution in [0.5, 0.6) is 11.5 Å². The van der Waals surface area contributed by atoms with Crippen LogP contribution in [0.15, 0.2) is 34.7 Å². The number of H-pyrrole nitrogens is 1. The molecule has 0 fully saturated rings. The van der Waals surface area contributed by atoms with Gasteiger partial charge in [0.2, 0.25) is 0 Å². The molecule has 7 nitrogen and oxygen atoms in total. The molecule has 178 valence electrons. The number of methoxy groups -OCH3 is 2. The molecule has 0 radical (unpaired) electrons. The summed E-state index contributed by atoms with van der Waals surface area (Å²) in [6, 6.07) is 4.06. The molecule has 0 saturated heterocycles. The van der Waals surface area contributed by atoms with Crippen molar-refractivity contribution < 1.29 is 9.47 Å². The van der Waals surface area contributed by atoms with E-state index in [1.165, 1.54) is 10.4 Å². The summed E-state index contributed by atoms with van der Waals surface area (Å²) in [7, 11) is 5.13. The fourth-order valence-corrected chi connectivity index (χ4v) is 6.23. The summed E-state index contributed by atoms with van der Waals surface area (Å²) in [5, 5.41) is 10.0. The molecule has 0 spiro atoms. The van der Waals surface area contributed by atoms with E-state index in [9.17, 15) is 4.79 Å². The van der Waals surface area contributed by atoms with E-state index in [1.807, 2.05) is 29.7 Å². The normalized spacial score (nSPS) is 14.1. The number of fused-ring (bicyclic) bond motifs is 2. The van der Waals surface area contributed by atoms with E-state index in [4.69, 9.17) is 9.47 Å². The van der Waals surface area contributed by atoms with Gasteiger partial charge < -0.3 is 14.0 Å². The quantitative estimate of drug-likeness (QED) is 0.435. The third kappa shape index (κ3) is 3.80. The van der Waals surface area contributed by atoms with Crippen molar-refractivity contribution in [2.45, 2.75) is 39.3 Å². The Labute approximate surface area is 202 Å². The van der Waals surface area contributed by atoms with Gasteiger partial charge in [-0.15, -0.1) is 11.3 Å². The lowest BCUT2D eigenvalue weighted by atomic mass is 9.95. The highest BCUT2D eigenvalue weighted by atomic mass is 32.1. The summed E-state index contributed by atoms with van der Waals surface area (Å²) >= 11 is 1.88. The zero-order valence-electron chi connectivity index (χ0n) is 20.3. The minimum Gasteiger partial charge on any atom is -0.496 e. The van der Waals surface area contributed by atoms with E-state index < -0.39 is 0 Å². The van der Waals surface area contributed by atoms with E-state index in [1.54, 1.807) is 37.6 Å². The molecular formula is C26H30N4O3S. The number of nitrogens with zero attached hydrogens (tertiary/aromatic N) is 3. The first-order valence-electron chi connectivity index (χ1n) is 11.5. The first-order valence-corrected chi connectivity index (χ1v) is 12.4. The fourth-order valence-electron chi connectivity index (χ4n) is 4.93. The Kier molecular flexibility index (Phi) is 5.95. The van der Waals surface area contributed by atoms with Gasteiger partial charge in [0.1, 0.15) is 17.0 Å². The molecule has 0 unspecified atom stereocenters. The molecule has 8 heteroatoms. The zero-order valence-corrected chi connectivity index (χ0v) is 21.1. The highest BCUT2D eigenvalue weighted by Gasteiger charge is 2.25. The molecule has 5 rings (SSSR count). The monoisotopic (exact) mass is 478 g/mol. The van der Waals surface area contributed by atoms with Crippen LogP contribution in [0.4, 0.5) is 0 Å². The van der Waals surface area contributed by atoms with Crippen LogP contribution in [0.25, 0.3) is 22.0 Å². The summed E-state index contributed by atoms with van der Waals surface area (Å²) in [5.41, 5.74) is 6.28. The van der Waals surface area contributed by atoms with Crippen LogP contribution < -0.4 is 15.0 Å². The lowest BCUT2D eigenvalue weighted by molar-refractivity contribution is 0.240. The van der Waals surface area contributed by atoms with Crippen LogP contribution in [0.3, 0.4) is 0 Å². The van der Waals surface area contributed by atoms with Gasteiger partial charge in [0.25, 0.3) is 5.56 Å².